The average Bonchev–Trinajstić information content (AvgIpc) is 3.23. The Morgan fingerprint density at radius 2 is 1.11 bits per heavy atom. The smallest absolute Gasteiger partial charge is 0.0625 e. The van der Waals surface area contributed by atoms with Crippen molar-refractivity contribution in [2.75, 3.05) is 0 Å². The van der Waals surface area contributed by atoms with Gasteiger partial charge in [0.25, 0.3) is 0 Å². The number of aromatic nitrogens is 1. The van der Waals surface area contributed by atoms with E-state index in [2.05, 4.69) is 135 Å². The molecule has 0 spiro atoms. The van der Waals surface area contributed by atoms with Gasteiger partial charge in [0.05, 0.1) is 11.0 Å². The van der Waals surface area contributed by atoms with Gasteiger partial charge in [-0.25, -0.2) is 0 Å². The fraction of sp³-hybridized carbons (Fsp3) is 0.118. The second kappa shape index (κ2) is 7.20. The summed E-state index contributed by atoms with van der Waals surface area (Å²) in [5, 5.41) is 10.5. The van der Waals surface area contributed by atoms with Gasteiger partial charge in [-0.3, -0.25) is 0 Å². The van der Waals surface area contributed by atoms with Crippen LogP contribution in [-0.2, 0) is 5.41 Å². The highest BCUT2D eigenvalue weighted by molar-refractivity contribution is 6.36. The maximum Gasteiger partial charge on any atom is 0.0625 e. The van der Waals surface area contributed by atoms with Gasteiger partial charge < -0.3 is 4.57 Å². The van der Waals surface area contributed by atoms with E-state index in [1.807, 2.05) is 0 Å². The lowest BCUT2D eigenvalue weighted by Crippen LogP contribution is -2.10. The molecule has 0 aliphatic carbocycles. The van der Waals surface area contributed by atoms with Gasteiger partial charge in [-0.1, -0.05) is 112 Å². The van der Waals surface area contributed by atoms with Crippen LogP contribution in [0.15, 0.2) is 109 Å². The first kappa shape index (κ1) is 20.3. The number of hydrogen-bond donors (Lipinski definition) is 0. The van der Waals surface area contributed by atoms with Gasteiger partial charge in [0.1, 0.15) is 0 Å². The van der Waals surface area contributed by atoms with E-state index >= 15 is 0 Å². The number of rotatable bonds is 1. The molecule has 1 heteroatoms. The first-order chi connectivity index (χ1) is 17.0. The normalized spacial score (nSPS) is 12.4. The largest absolute Gasteiger partial charge is 0.309 e. The molecule has 0 unspecified atom stereocenters. The van der Waals surface area contributed by atoms with Crippen LogP contribution in [0.3, 0.4) is 0 Å². The van der Waals surface area contributed by atoms with Gasteiger partial charge in [-0.15, -0.1) is 0 Å². The standard InChI is InChI=1S/C34H27N/c1-34(2,3)23-17-19-24(20-18-23)35-30-15-9-8-14-28(30)32-29-21-16-22-10-4-5-11-25(22)31(29)26-12-6-7-13-27(26)33(32)35/h4-21H,1-3H3. The fourth-order valence-electron chi connectivity index (χ4n) is 5.82. The van der Waals surface area contributed by atoms with Gasteiger partial charge in [-0.2, -0.15) is 0 Å². The molecule has 35 heavy (non-hydrogen) atoms. The summed E-state index contributed by atoms with van der Waals surface area (Å²) in [6, 6.07) is 40.3. The third kappa shape index (κ3) is 2.88. The molecule has 6 aromatic carbocycles. The summed E-state index contributed by atoms with van der Waals surface area (Å²) < 4.78 is 2.47. The molecular weight excluding hydrogens is 422 g/mol. The van der Waals surface area contributed by atoms with E-state index in [9.17, 15) is 0 Å². The summed E-state index contributed by atoms with van der Waals surface area (Å²) in [7, 11) is 0. The topological polar surface area (TPSA) is 4.93 Å². The average molecular weight is 450 g/mol. The first-order valence-electron chi connectivity index (χ1n) is 12.4. The van der Waals surface area contributed by atoms with Crippen LogP contribution in [0, 0.1) is 0 Å². The van der Waals surface area contributed by atoms with Gasteiger partial charge in [-0.05, 0) is 56.1 Å². The zero-order valence-electron chi connectivity index (χ0n) is 20.3. The highest BCUT2D eigenvalue weighted by Crippen LogP contribution is 2.44. The molecule has 168 valence electrons. The molecule has 0 bridgehead atoms. The molecule has 1 nitrogen and oxygen atoms in total. The molecule has 0 aliphatic rings. The van der Waals surface area contributed by atoms with Crippen molar-refractivity contribution in [1.29, 1.82) is 0 Å². The second-order valence-corrected chi connectivity index (χ2v) is 10.6. The maximum absolute atomic E-state index is 2.47. The Balaban J connectivity index is 1.73. The number of fused-ring (bicyclic) bond motifs is 10. The molecule has 0 saturated carbocycles. The van der Waals surface area contributed by atoms with Crippen LogP contribution in [0.25, 0.3) is 59.8 Å². The Labute approximate surface area is 205 Å². The van der Waals surface area contributed by atoms with E-state index in [0.717, 1.165) is 0 Å². The van der Waals surface area contributed by atoms with Crippen molar-refractivity contribution in [3.63, 3.8) is 0 Å². The van der Waals surface area contributed by atoms with Crippen LogP contribution in [0.1, 0.15) is 26.3 Å². The monoisotopic (exact) mass is 449 g/mol. The van der Waals surface area contributed by atoms with E-state index in [-0.39, 0.29) is 5.41 Å². The lowest BCUT2D eigenvalue weighted by molar-refractivity contribution is 0.590. The number of benzene rings is 6. The molecule has 0 radical (unpaired) electrons. The summed E-state index contributed by atoms with van der Waals surface area (Å²) in [6.45, 7) is 6.81. The summed E-state index contributed by atoms with van der Waals surface area (Å²) in [5.41, 5.74) is 5.21. The number of nitrogens with zero attached hydrogens (tertiary/aromatic N) is 1. The Bertz CT molecular complexity index is 1910. The van der Waals surface area contributed by atoms with Gasteiger partial charge >= 0.3 is 0 Å². The third-order valence-electron chi connectivity index (χ3n) is 7.52. The van der Waals surface area contributed by atoms with Crippen LogP contribution in [0.5, 0.6) is 0 Å². The molecule has 7 aromatic rings. The van der Waals surface area contributed by atoms with Crippen molar-refractivity contribution in [2.24, 2.45) is 0 Å². The van der Waals surface area contributed by atoms with Crippen LogP contribution in [0.2, 0.25) is 0 Å². The zero-order chi connectivity index (χ0) is 23.7. The highest BCUT2D eigenvalue weighted by Gasteiger charge is 2.20. The number of para-hydroxylation sites is 1. The minimum Gasteiger partial charge on any atom is -0.309 e. The van der Waals surface area contributed by atoms with Crippen LogP contribution < -0.4 is 0 Å². The van der Waals surface area contributed by atoms with E-state index in [4.69, 9.17) is 0 Å². The summed E-state index contributed by atoms with van der Waals surface area (Å²) >= 11 is 0. The van der Waals surface area contributed by atoms with Gasteiger partial charge in [0.15, 0.2) is 0 Å². The zero-order valence-corrected chi connectivity index (χ0v) is 20.3. The molecule has 0 fully saturated rings. The van der Waals surface area contributed by atoms with Crippen LogP contribution in [-0.4, -0.2) is 4.57 Å². The molecule has 1 aromatic heterocycles. The highest BCUT2D eigenvalue weighted by atomic mass is 15.0. The molecule has 0 amide bonds. The quantitative estimate of drug-likeness (QED) is 0.220. The van der Waals surface area contributed by atoms with Crippen molar-refractivity contribution in [3.8, 4) is 5.69 Å². The number of hydrogen-bond acceptors (Lipinski definition) is 0. The molecule has 0 saturated heterocycles. The summed E-state index contributed by atoms with van der Waals surface area (Å²) in [6.07, 6.45) is 0. The van der Waals surface area contributed by atoms with Crippen LogP contribution >= 0.6 is 0 Å². The van der Waals surface area contributed by atoms with E-state index in [0.29, 0.717) is 0 Å². The predicted octanol–water partition coefficient (Wildman–Crippen LogP) is 9.54. The van der Waals surface area contributed by atoms with Gasteiger partial charge in [0, 0.05) is 21.8 Å². The fourth-order valence-corrected chi connectivity index (χ4v) is 5.82. The molecule has 0 N–H and O–H groups in total. The van der Waals surface area contributed by atoms with Crippen LogP contribution in [0.4, 0.5) is 0 Å². The Kier molecular flexibility index (Phi) is 4.17. The molecule has 7 rings (SSSR count). The molecule has 0 atom stereocenters. The lowest BCUT2D eigenvalue weighted by Gasteiger charge is -2.20. The third-order valence-corrected chi connectivity index (χ3v) is 7.52. The summed E-state index contributed by atoms with van der Waals surface area (Å²) in [5.74, 6) is 0. The molecular formula is C34H27N. The predicted molar refractivity (Wildman–Crippen MR) is 152 cm³/mol. The van der Waals surface area contributed by atoms with Crippen molar-refractivity contribution in [1.82, 2.24) is 4.57 Å². The Hall–Kier alpha value is -4.10. The molecule has 0 aliphatic heterocycles. The van der Waals surface area contributed by atoms with Crippen molar-refractivity contribution < 1.29 is 0 Å². The summed E-state index contributed by atoms with van der Waals surface area (Å²) in [4.78, 5) is 0. The van der Waals surface area contributed by atoms with E-state index in [1.165, 1.54) is 65.4 Å². The minimum atomic E-state index is 0.128. The Morgan fingerprint density at radius 1 is 0.486 bits per heavy atom. The first-order valence-corrected chi connectivity index (χ1v) is 12.4. The Morgan fingerprint density at radius 3 is 1.86 bits per heavy atom. The van der Waals surface area contributed by atoms with E-state index in [1.54, 1.807) is 0 Å². The van der Waals surface area contributed by atoms with Crippen molar-refractivity contribution >= 4 is 54.1 Å². The van der Waals surface area contributed by atoms with Crippen molar-refractivity contribution in [2.45, 2.75) is 26.2 Å². The minimum absolute atomic E-state index is 0.128. The molecule has 1 heterocycles. The maximum atomic E-state index is 2.47. The van der Waals surface area contributed by atoms with E-state index < -0.39 is 0 Å². The second-order valence-electron chi connectivity index (χ2n) is 10.6. The SMILES string of the molecule is CC(C)(C)c1ccc(-n2c3ccccc3c3c4ccc5ccccc5c4c4ccccc4c32)cc1. The lowest BCUT2D eigenvalue weighted by atomic mass is 9.87. The van der Waals surface area contributed by atoms with Crippen molar-refractivity contribution in [3.05, 3.63) is 115 Å². The van der Waals surface area contributed by atoms with Gasteiger partial charge in [0.2, 0.25) is 0 Å².